The second-order valence-corrected chi connectivity index (χ2v) is 8.14. The van der Waals surface area contributed by atoms with E-state index in [2.05, 4.69) is 5.32 Å². The number of carbonyl (C=O) groups excluding carboxylic acids is 2. The SMILES string of the molecule is COc1ccc([C@H](OC(=O)Nc2cccc3ccccc23)[C@H](/C=C/C(=O)NO)Oc2ccccc2)cc1O. The van der Waals surface area contributed by atoms with Gasteiger partial charge in [0.25, 0.3) is 5.91 Å². The fraction of sp³-hybridized carbons (Fsp3) is 0.103. The summed E-state index contributed by atoms with van der Waals surface area (Å²) in [6.45, 7) is 0. The van der Waals surface area contributed by atoms with Crippen LogP contribution in [0.5, 0.6) is 17.2 Å². The van der Waals surface area contributed by atoms with Crippen LogP contribution in [-0.2, 0) is 9.53 Å². The number of amides is 2. The highest BCUT2D eigenvalue weighted by atomic mass is 16.6. The van der Waals surface area contributed by atoms with Crippen LogP contribution in [0.3, 0.4) is 0 Å². The van der Waals surface area contributed by atoms with Gasteiger partial charge in [-0.05, 0) is 41.8 Å². The molecule has 0 bridgehead atoms. The molecule has 0 aliphatic heterocycles. The third-order valence-corrected chi connectivity index (χ3v) is 5.65. The van der Waals surface area contributed by atoms with Crippen molar-refractivity contribution in [3.05, 3.63) is 109 Å². The number of fused-ring (bicyclic) bond motifs is 1. The van der Waals surface area contributed by atoms with E-state index >= 15 is 0 Å². The number of para-hydroxylation sites is 1. The van der Waals surface area contributed by atoms with Crippen LogP contribution in [0.25, 0.3) is 10.8 Å². The molecule has 4 rings (SSSR count). The predicted octanol–water partition coefficient (Wildman–Crippen LogP) is 5.35. The van der Waals surface area contributed by atoms with Gasteiger partial charge in [0.05, 0.1) is 12.8 Å². The minimum atomic E-state index is -1.13. The number of rotatable bonds is 9. The average molecular weight is 515 g/mol. The number of hydrogen-bond acceptors (Lipinski definition) is 7. The molecule has 2 amide bonds. The summed E-state index contributed by atoms with van der Waals surface area (Å²) in [7, 11) is 1.41. The van der Waals surface area contributed by atoms with E-state index in [1.165, 1.54) is 30.8 Å². The molecule has 9 heteroatoms. The van der Waals surface area contributed by atoms with Crippen molar-refractivity contribution < 1.29 is 34.1 Å². The van der Waals surface area contributed by atoms with Crippen molar-refractivity contribution >= 4 is 28.5 Å². The van der Waals surface area contributed by atoms with Crippen LogP contribution in [0.1, 0.15) is 11.7 Å². The van der Waals surface area contributed by atoms with Crippen LogP contribution in [-0.4, -0.2) is 35.5 Å². The predicted molar refractivity (Wildman–Crippen MR) is 141 cm³/mol. The summed E-state index contributed by atoms with van der Waals surface area (Å²) < 4.78 is 17.1. The van der Waals surface area contributed by atoms with E-state index in [0.717, 1.165) is 16.8 Å². The molecule has 0 saturated carbocycles. The van der Waals surface area contributed by atoms with Crippen LogP contribution >= 0.6 is 0 Å². The lowest BCUT2D eigenvalue weighted by molar-refractivity contribution is -0.124. The van der Waals surface area contributed by atoms with Crippen molar-refractivity contribution in [1.29, 1.82) is 0 Å². The number of anilines is 1. The molecular weight excluding hydrogens is 488 g/mol. The number of methoxy groups -OCH3 is 1. The monoisotopic (exact) mass is 514 g/mol. The number of carbonyl (C=O) groups is 2. The van der Waals surface area contributed by atoms with Gasteiger partial charge in [0.2, 0.25) is 0 Å². The van der Waals surface area contributed by atoms with Gasteiger partial charge in [-0.25, -0.2) is 10.3 Å². The van der Waals surface area contributed by atoms with Crippen LogP contribution in [0.2, 0.25) is 0 Å². The van der Waals surface area contributed by atoms with Crippen LogP contribution in [0.4, 0.5) is 10.5 Å². The van der Waals surface area contributed by atoms with E-state index < -0.39 is 24.2 Å². The maximum Gasteiger partial charge on any atom is 0.412 e. The summed E-state index contributed by atoms with van der Waals surface area (Å²) in [5.74, 6) is -0.317. The fourth-order valence-electron chi connectivity index (χ4n) is 3.88. The lowest BCUT2D eigenvalue weighted by atomic mass is 10.0. The van der Waals surface area contributed by atoms with Gasteiger partial charge < -0.3 is 19.3 Å². The van der Waals surface area contributed by atoms with Crippen molar-refractivity contribution in [1.82, 2.24) is 5.48 Å². The Morgan fingerprint density at radius 2 is 1.66 bits per heavy atom. The Labute approximate surface area is 218 Å². The second-order valence-electron chi connectivity index (χ2n) is 8.14. The standard InChI is InChI=1S/C29H26N2O7/c1-36-25-15-14-20(18-24(25)32)28(26(16-17-27(33)31-35)37-21-10-3-2-4-11-21)38-29(34)30-23-13-7-9-19-8-5-6-12-22(19)23/h2-18,26,28,32,35H,1H3,(H,30,34)(H,31,33)/b17-16+/t26-,28-/m0/s1. The van der Waals surface area contributed by atoms with Crippen LogP contribution in [0, 0.1) is 0 Å². The number of hydroxylamine groups is 1. The van der Waals surface area contributed by atoms with E-state index in [4.69, 9.17) is 19.4 Å². The highest BCUT2D eigenvalue weighted by Crippen LogP contribution is 2.34. The van der Waals surface area contributed by atoms with Gasteiger partial charge in [0.1, 0.15) is 5.75 Å². The minimum absolute atomic E-state index is 0.177. The zero-order chi connectivity index (χ0) is 26.9. The molecule has 0 aliphatic carbocycles. The smallest absolute Gasteiger partial charge is 0.412 e. The first kappa shape index (κ1) is 26.1. The Morgan fingerprint density at radius 3 is 2.39 bits per heavy atom. The Morgan fingerprint density at radius 1 is 0.921 bits per heavy atom. The highest BCUT2D eigenvalue weighted by Gasteiger charge is 2.29. The lowest BCUT2D eigenvalue weighted by Gasteiger charge is -2.26. The molecular formula is C29H26N2O7. The van der Waals surface area contributed by atoms with E-state index in [1.807, 2.05) is 42.5 Å². The molecule has 194 valence electrons. The Balaban J connectivity index is 1.70. The average Bonchev–Trinajstić information content (AvgIpc) is 2.94. The topological polar surface area (TPSA) is 126 Å². The van der Waals surface area contributed by atoms with E-state index in [9.17, 15) is 14.7 Å². The van der Waals surface area contributed by atoms with Crippen molar-refractivity contribution in [2.75, 3.05) is 12.4 Å². The number of benzene rings is 4. The van der Waals surface area contributed by atoms with Gasteiger partial charge in [-0.2, -0.15) is 0 Å². The van der Waals surface area contributed by atoms with Gasteiger partial charge in [0.15, 0.2) is 23.7 Å². The van der Waals surface area contributed by atoms with Crippen molar-refractivity contribution in [2.24, 2.45) is 0 Å². The molecule has 0 fully saturated rings. The molecule has 4 aromatic carbocycles. The van der Waals surface area contributed by atoms with Gasteiger partial charge in [-0.3, -0.25) is 15.3 Å². The first-order valence-electron chi connectivity index (χ1n) is 11.6. The van der Waals surface area contributed by atoms with Gasteiger partial charge in [0, 0.05) is 17.0 Å². The van der Waals surface area contributed by atoms with E-state index in [1.54, 1.807) is 36.4 Å². The molecule has 38 heavy (non-hydrogen) atoms. The zero-order valence-corrected chi connectivity index (χ0v) is 20.4. The van der Waals surface area contributed by atoms with Crippen LogP contribution < -0.4 is 20.3 Å². The van der Waals surface area contributed by atoms with Crippen molar-refractivity contribution in [3.63, 3.8) is 0 Å². The number of nitrogens with one attached hydrogen (secondary N) is 2. The molecule has 0 aromatic heterocycles. The number of phenols is 1. The summed E-state index contributed by atoms with van der Waals surface area (Å²) >= 11 is 0. The molecule has 4 N–H and O–H groups in total. The summed E-state index contributed by atoms with van der Waals surface area (Å²) in [5, 5.41) is 23.9. The van der Waals surface area contributed by atoms with Crippen LogP contribution in [0.15, 0.2) is 103 Å². The van der Waals surface area contributed by atoms with E-state index in [0.29, 0.717) is 17.0 Å². The maximum atomic E-state index is 13.2. The number of ether oxygens (including phenoxy) is 3. The molecule has 0 aliphatic rings. The summed E-state index contributed by atoms with van der Waals surface area (Å²) in [4.78, 5) is 25.0. The molecule has 9 nitrogen and oxygen atoms in total. The number of aromatic hydroxyl groups is 1. The lowest BCUT2D eigenvalue weighted by Crippen LogP contribution is -2.30. The minimum Gasteiger partial charge on any atom is -0.504 e. The first-order chi connectivity index (χ1) is 18.5. The molecule has 2 atom stereocenters. The molecule has 4 aromatic rings. The molecule has 0 spiro atoms. The molecule has 0 saturated heterocycles. The highest BCUT2D eigenvalue weighted by molar-refractivity contribution is 6.00. The van der Waals surface area contributed by atoms with Gasteiger partial charge in [-0.1, -0.05) is 60.7 Å². The molecule has 0 radical (unpaired) electrons. The normalized spacial score (nSPS) is 12.5. The summed E-state index contributed by atoms with van der Waals surface area (Å²) in [6.07, 6.45) is -0.570. The number of hydrogen-bond donors (Lipinski definition) is 4. The molecule has 0 heterocycles. The molecule has 0 unspecified atom stereocenters. The zero-order valence-electron chi connectivity index (χ0n) is 20.4. The third kappa shape index (κ3) is 6.40. The summed E-state index contributed by atoms with van der Waals surface area (Å²) in [5.41, 5.74) is 2.43. The van der Waals surface area contributed by atoms with Crippen molar-refractivity contribution in [2.45, 2.75) is 12.2 Å². The van der Waals surface area contributed by atoms with Gasteiger partial charge in [-0.15, -0.1) is 0 Å². The second kappa shape index (κ2) is 12.3. The summed E-state index contributed by atoms with van der Waals surface area (Å²) in [6, 6.07) is 26.3. The Bertz CT molecular complexity index is 1430. The van der Waals surface area contributed by atoms with Crippen molar-refractivity contribution in [3.8, 4) is 17.2 Å². The number of phenolic OH excluding ortho intramolecular Hbond substituents is 1. The quantitative estimate of drug-likeness (QED) is 0.135. The maximum absolute atomic E-state index is 13.2. The van der Waals surface area contributed by atoms with Gasteiger partial charge >= 0.3 is 6.09 Å². The third-order valence-electron chi connectivity index (χ3n) is 5.65. The Kier molecular flexibility index (Phi) is 8.42. The fourth-order valence-corrected chi connectivity index (χ4v) is 3.88. The largest absolute Gasteiger partial charge is 0.504 e. The first-order valence-corrected chi connectivity index (χ1v) is 11.6. The van der Waals surface area contributed by atoms with E-state index in [-0.39, 0.29) is 11.5 Å². The Hall–Kier alpha value is -5.02.